The molecule has 104 valence electrons. The van der Waals surface area contributed by atoms with Crippen molar-refractivity contribution in [3.63, 3.8) is 0 Å². The van der Waals surface area contributed by atoms with Crippen molar-refractivity contribution in [3.8, 4) is 0 Å². The van der Waals surface area contributed by atoms with Crippen LogP contribution >= 0.6 is 33.4 Å². The smallest absolute Gasteiger partial charge is 0.149 e. The molecule has 0 amide bonds. The molecular weight excluding hydrogens is 290 g/mol. The largest absolute Gasteiger partial charge is 0.379 e. The van der Waals surface area contributed by atoms with Crippen LogP contribution in [0.1, 0.15) is 27.7 Å². The number of carbonyl (C=O) groups excluding carboxylic acids is 1. The number of halogens is 1. The monoisotopic (exact) mass is 309 g/mol. The number of hydrogen-bond acceptors (Lipinski definition) is 5. The fourth-order valence-corrected chi connectivity index (χ4v) is 6.58. The van der Waals surface area contributed by atoms with Crippen LogP contribution in [-0.2, 0) is 9.53 Å². The highest BCUT2D eigenvalue weighted by atomic mass is 35.5. The first-order valence-corrected chi connectivity index (χ1v) is 8.64. The van der Waals surface area contributed by atoms with Crippen LogP contribution < -0.4 is 0 Å². The molecule has 6 heteroatoms. The van der Waals surface area contributed by atoms with E-state index in [1.807, 2.05) is 27.7 Å². The molecule has 1 saturated carbocycles. The molecule has 0 aromatic heterocycles. The van der Waals surface area contributed by atoms with Gasteiger partial charge in [0.2, 0.25) is 0 Å². The van der Waals surface area contributed by atoms with Gasteiger partial charge in [0, 0.05) is 13.1 Å². The summed E-state index contributed by atoms with van der Waals surface area (Å²) in [6.07, 6.45) is 0. The second kappa shape index (κ2) is 4.85. The summed E-state index contributed by atoms with van der Waals surface area (Å²) < 4.78 is 7.04. The van der Waals surface area contributed by atoms with Crippen molar-refractivity contribution in [1.29, 1.82) is 0 Å². The molecule has 0 radical (unpaired) electrons. The number of nitrogens with zero attached hydrogens (tertiary/aromatic N) is 1. The zero-order valence-electron chi connectivity index (χ0n) is 11.3. The van der Waals surface area contributed by atoms with E-state index in [0.29, 0.717) is 0 Å². The topological polar surface area (TPSA) is 29.5 Å². The molecule has 2 aliphatic rings. The van der Waals surface area contributed by atoms with Gasteiger partial charge in [-0.15, -0.1) is 11.6 Å². The molecule has 0 spiro atoms. The molecule has 1 heterocycles. The van der Waals surface area contributed by atoms with Crippen molar-refractivity contribution in [2.24, 2.45) is 10.8 Å². The Balaban J connectivity index is 2.00. The Morgan fingerprint density at radius 2 is 1.67 bits per heavy atom. The first kappa shape index (κ1) is 15.0. The summed E-state index contributed by atoms with van der Waals surface area (Å²) in [6.45, 7) is 11.2. The minimum Gasteiger partial charge on any atom is -0.379 e. The standard InChI is InChI=1S/C12H20ClNO2S2/c1-10(2)9(15)11(3,4)12(10,13)17-18-14-5-7-16-8-6-14/h5-8H2,1-4H3. The molecule has 0 aromatic carbocycles. The van der Waals surface area contributed by atoms with Crippen LogP contribution in [0.3, 0.4) is 0 Å². The summed E-state index contributed by atoms with van der Waals surface area (Å²) in [4.78, 5) is 12.1. The molecule has 1 aliphatic heterocycles. The number of alkyl halides is 1. The number of hydrogen-bond donors (Lipinski definition) is 0. The zero-order valence-corrected chi connectivity index (χ0v) is 13.7. The fraction of sp³-hybridized carbons (Fsp3) is 0.917. The first-order valence-electron chi connectivity index (χ1n) is 6.16. The summed E-state index contributed by atoms with van der Waals surface area (Å²) in [5, 5.41) is 0. The number of ketones is 1. The minimum absolute atomic E-state index is 0.250. The highest BCUT2D eigenvalue weighted by molar-refractivity contribution is 8.76. The van der Waals surface area contributed by atoms with Crippen LogP contribution in [0, 0.1) is 10.8 Å². The Labute approximate surface area is 122 Å². The lowest BCUT2D eigenvalue weighted by Gasteiger charge is -2.60. The fourth-order valence-electron chi connectivity index (χ4n) is 2.73. The quantitative estimate of drug-likeness (QED) is 0.454. The van der Waals surface area contributed by atoms with Crippen molar-refractivity contribution in [2.75, 3.05) is 26.3 Å². The van der Waals surface area contributed by atoms with E-state index in [1.54, 1.807) is 21.8 Å². The van der Waals surface area contributed by atoms with Crippen molar-refractivity contribution in [1.82, 2.24) is 4.31 Å². The Morgan fingerprint density at radius 1 is 1.17 bits per heavy atom. The maximum Gasteiger partial charge on any atom is 0.149 e. The van der Waals surface area contributed by atoms with Gasteiger partial charge < -0.3 is 4.74 Å². The number of ether oxygens (including phenoxy) is 1. The number of morpholine rings is 1. The predicted octanol–water partition coefficient (Wildman–Crippen LogP) is 3.19. The Bertz CT molecular complexity index is 336. The van der Waals surface area contributed by atoms with Gasteiger partial charge in [-0.1, -0.05) is 38.5 Å². The Kier molecular flexibility index (Phi) is 4.03. The number of Topliss-reactive ketones (excluding diaryl/α,β-unsaturated/α-hetero) is 1. The van der Waals surface area contributed by atoms with Gasteiger partial charge in [-0.25, -0.2) is 4.31 Å². The van der Waals surface area contributed by atoms with E-state index >= 15 is 0 Å². The third-order valence-corrected chi connectivity index (χ3v) is 8.93. The predicted molar refractivity (Wildman–Crippen MR) is 78.7 cm³/mol. The Hall–Kier alpha value is 0.580. The van der Waals surface area contributed by atoms with E-state index < -0.39 is 15.0 Å². The molecule has 18 heavy (non-hydrogen) atoms. The van der Waals surface area contributed by atoms with E-state index in [1.165, 1.54) is 0 Å². The van der Waals surface area contributed by atoms with Crippen molar-refractivity contribution in [3.05, 3.63) is 0 Å². The van der Waals surface area contributed by atoms with Crippen molar-refractivity contribution < 1.29 is 9.53 Å². The van der Waals surface area contributed by atoms with E-state index in [-0.39, 0.29) is 5.78 Å². The zero-order chi connectivity index (χ0) is 13.6. The van der Waals surface area contributed by atoms with E-state index in [9.17, 15) is 4.79 Å². The summed E-state index contributed by atoms with van der Waals surface area (Å²) in [5.74, 6) is 0.250. The van der Waals surface area contributed by atoms with E-state index in [0.717, 1.165) is 26.3 Å². The van der Waals surface area contributed by atoms with Crippen LogP contribution in [0.4, 0.5) is 0 Å². The van der Waals surface area contributed by atoms with Gasteiger partial charge in [0.1, 0.15) is 9.99 Å². The molecule has 0 N–H and O–H groups in total. The lowest BCUT2D eigenvalue weighted by atomic mass is 9.54. The van der Waals surface area contributed by atoms with Crippen LogP contribution in [0.2, 0.25) is 0 Å². The molecule has 3 nitrogen and oxygen atoms in total. The second-order valence-electron chi connectivity index (χ2n) is 5.87. The third-order valence-electron chi connectivity index (χ3n) is 3.97. The lowest BCUT2D eigenvalue weighted by Crippen LogP contribution is -2.69. The highest BCUT2D eigenvalue weighted by Crippen LogP contribution is 2.70. The van der Waals surface area contributed by atoms with Crippen LogP contribution in [0.25, 0.3) is 0 Å². The van der Waals surface area contributed by atoms with Crippen LogP contribution in [0.15, 0.2) is 0 Å². The number of rotatable bonds is 3. The van der Waals surface area contributed by atoms with Gasteiger partial charge in [0.05, 0.1) is 24.0 Å². The summed E-state index contributed by atoms with van der Waals surface area (Å²) in [7, 11) is 3.29. The lowest BCUT2D eigenvalue weighted by molar-refractivity contribution is -0.153. The molecule has 1 saturated heterocycles. The van der Waals surface area contributed by atoms with Gasteiger partial charge in [-0.05, 0) is 11.0 Å². The second-order valence-corrected chi connectivity index (χ2v) is 9.06. The maximum absolute atomic E-state index is 12.1. The van der Waals surface area contributed by atoms with Crippen molar-refractivity contribution >= 4 is 39.2 Å². The van der Waals surface area contributed by atoms with Gasteiger partial charge in [0.25, 0.3) is 0 Å². The molecule has 2 fully saturated rings. The highest BCUT2D eigenvalue weighted by Gasteiger charge is 2.72. The SMILES string of the molecule is CC1(C)C(=O)C(C)(C)C1(Cl)SSN1CCOCC1. The molecule has 2 rings (SSSR count). The summed E-state index contributed by atoms with van der Waals surface area (Å²) >= 11 is 6.77. The molecule has 0 unspecified atom stereocenters. The number of carbonyl (C=O) groups is 1. The Morgan fingerprint density at radius 3 is 2.17 bits per heavy atom. The van der Waals surface area contributed by atoms with Gasteiger partial charge in [-0.3, -0.25) is 4.79 Å². The van der Waals surface area contributed by atoms with Gasteiger partial charge >= 0.3 is 0 Å². The normalized spacial score (nSPS) is 29.9. The maximum atomic E-state index is 12.1. The molecule has 0 aromatic rings. The van der Waals surface area contributed by atoms with E-state index in [4.69, 9.17) is 16.3 Å². The minimum atomic E-state index is -0.542. The average Bonchev–Trinajstić information content (AvgIpc) is 2.35. The van der Waals surface area contributed by atoms with Gasteiger partial charge in [0.15, 0.2) is 0 Å². The van der Waals surface area contributed by atoms with Crippen molar-refractivity contribution in [2.45, 2.75) is 31.9 Å². The first-order chi connectivity index (χ1) is 8.23. The van der Waals surface area contributed by atoms with Gasteiger partial charge in [-0.2, -0.15) is 0 Å². The third kappa shape index (κ3) is 2.03. The van der Waals surface area contributed by atoms with Crippen LogP contribution in [-0.4, -0.2) is 40.6 Å². The average molecular weight is 310 g/mol. The summed E-state index contributed by atoms with van der Waals surface area (Å²) in [5.41, 5.74) is -0.940. The molecular formula is C12H20ClNO2S2. The van der Waals surface area contributed by atoms with Crippen LogP contribution in [0.5, 0.6) is 0 Å². The molecule has 0 bridgehead atoms. The molecule has 1 aliphatic carbocycles. The van der Waals surface area contributed by atoms with E-state index in [2.05, 4.69) is 4.31 Å². The summed E-state index contributed by atoms with van der Waals surface area (Å²) in [6, 6.07) is 0. The molecule has 0 atom stereocenters.